The zero-order chi connectivity index (χ0) is 18.0. The number of aromatic hydroxyl groups is 1. The number of carbonyl (C=O) groups excluding carboxylic acids is 1. The summed E-state index contributed by atoms with van der Waals surface area (Å²) in [5.41, 5.74) is 3.00. The number of phenolic OH excluding ortho intramolecular Hbond substituents is 1. The molecule has 0 aliphatic carbocycles. The third-order valence-corrected chi connectivity index (χ3v) is 5.33. The van der Waals surface area contributed by atoms with Crippen LogP contribution < -0.4 is 9.03 Å². The Morgan fingerprint density at radius 3 is 2.52 bits per heavy atom. The van der Waals surface area contributed by atoms with E-state index >= 15 is 0 Å². The third-order valence-electron chi connectivity index (χ3n) is 3.94. The molecule has 25 heavy (non-hydrogen) atoms. The Kier molecular flexibility index (Phi) is 4.65. The van der Waals surface area contributed by atoms with Gasteiger partial charge in [-0.25, -0.2) is 9.03 Å². The maximum absolute atomic E-state index is 11.9. The van der Waals surface area contributed by atoms with Crippen molar-refractivity contribution in [3.63, 3.8) is 0 Å². The second kappa shape index (κ2) is 6.73. The molecule has 2 N–H and O–H groups in total. The Hall–Kier alpha value is -2.58. The molecule has 1 heterocycles. The highest BCUT2D eigenvalue weighted by atomic mass is 32.2. The summed E-state index contributed by atoms with van der Waals surface area (Å²) >= 11 is 0. The fourth-order valence-electron chi connectivity index (χ4n) is 2.80. The fourth-order valence-corrected chi connectivity index (χ4v) is 3.96. The summed E-state index contributed by atoms with van der Waals surface area (Å²) in [6, 6.07) is 12.6. The number of benzene rings is 2. The third kappa shape index (κ3) is 3.59. The molecule has 1 fully saturated rings. The van der Waals surface area contributed by atoms with E-state index in [2.05, 4.69) is 0 Å². The first-order valence-electron chi connectivity index (χ1n) is 7.61. The molecule has 8 heteroatoms. The van der Waals surface area contributed by atoms with Crippen molar-refractivity contribution in [2.45, 2.75) is 13.0 Å². The largest absolute Gasteiger partial charge is 0.506 e. The summed E-state index contributed by atoms with van der Waals surface area (Å²) in [6.45, 7) is 0.145. The predicted octanol–water partition coefficient (Wildman–Crippen LogP) is 1.31. The first-order valence-corrected chi connectivity index (χ1v) is 9.05. The van der Waals surface area contributed by atoms with Crippen LogP contribution in [0.2, 0.25) is 0 Å². The molecule has 0 saturated carbocycles. The molecule has 132 valence electrons. The number of rotatable bonds is 5. The Morgan fingerprint density at radius 2 is 1.92 bits per heavy atom. The highest BCUT2D eigenvalue weighted by Gasteiger charge is 2.35. The zero-order valence-corrected chi connectivity index (χ0v) is 14.4. The van der Waals surface area contributed by atoms with Gasteiger partial charge in [-0.2, -0.15) is 8.42 Å². The molecule has 1 amide bonds. The summed E-state index contributed by atoms with van der Waals surface area (Å²) in [6.07, 6.45) is 0.567. The van der Waals surface area contributed by atoms with Gasteiger partial charge in [-0.15, -0.1) is 0 Å². The van der Waals surface area contributed by atoms with Gasteiger partial charge in [0.25, 0.3) is 5.91 Å². The SMILES string of the molecule is COCc1ccccc1Cc1ccc(N2CC(=O)NS2(=O)=O)c(O)c1. The molecule has 0 aromatic heterocycles. The van der Waals surface area contributed by atoms with Gasteiger partial charge in [-0.3, -0.25) is 4.79 Å². The molecule has 0 spiro atoms. The van der Waals surface area contributed by atoms with Crippen LogP contribution in [0, 0.1) is 0 Å². The first kappa shape index (κ1) is 17.2. The summed E-state index contributed by atoms with van der Waals surface area (Å²) in [5, 5.41) is 10.3. The van der Waals surface area contributed by atoms with Crippen molar-refractivity contribution in [3.05, 3.63) is 59.2 Å². The highest BCUT2D eigenvalue weighted by molar-refractivity contribution is 7.92. The van der Waals surface area contributed by atoms with Gasteiger partial charge in [0, 0.05) is 7.11 Å². The Balaban J connectivity index is 1.87. The molecule has 1 aliphatic heterocycles. The first-order chi connectivity index (χ1) is 11.9. The summed E-state index contributed by atoms with van der Waals surface area (Å²) in [5.74, 6) is -0.821. The quantitative estimate of drug-likeness (QED) is 0.836. The molecule has 0 bridgehead atoms. The van der Waals surface area contributed by atoms with Crippen LogP contribution in [-0.2, 0) is 32.8 Å². The molecule has 0 unspecified atom stereocenters. The lowest BCUT2D eigenvalue weighted by Crippen LogP contribution is -2.29. The van der Waals surface area contributed by atoms with E-state index in [4.69, 9.17) is 4.74 Å². The lowest BCUT2D eigenvalue weighted by atomic mass is 9.99. The van der Waals surface area contributed by atoms with Gasteiger partial charge in [0.15, 0.2) is 0 Å². The predicted molar refractivity (Wildman–Crippen MR) is 92.5 cm³/mol. The smallest absolute Gasteiger partial charge is 0.326 e. The molecule has 3 rings (SSSR count). The number of hydrogen-bond acceptors (Lipinski definition) is 5. The van der Waals surface area contributed by atoms with Crippen molar-refractivity contribution < 1.29 is 23.1 Å². The van der Waals surface area contributed by atoms with E-state index < -0.39 is 16.1 Å². The van der Waals surface area contributed by atoms with E-state index in [9.17, 15) is 18.3 Å². The van der Waals surface area contributed by atoms with E-state index in [0.717, 1.165) is 21.0 Å². The summed E-state index contributed by atoms with van der Waals surface area (Å²) in [7, 11) is -2.31. The topological polar surface area (TPSA) is 95.9 Å². The molecule has 1 saturated heterocycles. The van der Waals surface area contributed by atoms with Crippen molar-refractivity contribution in [2.75, 3.05) is 18.0 Å². The number of nitrogens with one attached hydrogen (secondary N) is 1. The van der Waals surface area contributed by atoms with Crippen LogP contribution in [0.3, 0.4) is 0 Å². The number of anilines is 1. The van der Waals surface area contributed by atoms with E-state index in [1.54, 1.807) is 13.2 Å². The average molecular weight is 362 g/mol. The second-order valence-corrected chi connectivity index (χ2v) is 7.33. The van der Waals surface area contributed by atoms with Crippen LogP contribution in [0.15, 0.2) is 42.5 Å². The minimum Gasteiger partial charge on any atom is -0.506 e. The Morgan fingerprint density at radius 1 is 1.20 bits per heavy atom. The van der Waals surface area contributed by atoms with Gasteiger partial charge in [-0.05, 0) is 35.2 Å². The molecular formula is C17H18N2O5S. The van der Waals surface area contributed by atoms with Gasteiger partial charge < -0.3 is 9.84 Å². The summed E-state index contributed by atoms with van der Waals surface area (Å²) in [4.78, 5) is 11.3. The van der Waals surface area contributed by atoms with Gasteiger partial charge >= 0.3 is 10.2 Å². The maximum Gasteiger partial charge on any atom is 0.326 e. The number of phenols is 1. The van der Waals surface area contributed by atoms with E-state index in [1.165, 1.54) is 12.1 Å². The van der Waals surface area contributed by atoms with Gasteiger partial charge in [-0.1, -0.05) is 30.3 Å². The number of hydrogen-bond donors (Lipinski definition) is 2. The molecule has 7 nitrogen and oxygen atoms in total. The Bertz CT molecular complexity index is 911. The Labute approximate surface area is 146 Å². The number of methoxy groups -OCH3 is 1. The normalized spacial score (nSPS) is 16.0. The average Bonchev–Trinajstić information content (AvgIpc) is 2.82. The number of ether oxygens (including phenoxy) is 1. The van der Waals surface area contributed by atoms with Crippen molar-refractivity contribution in [1.82, 2.24) is 4.72 Å². The van der Waals surface area contributed by atoms with Crippen molar-refractivity contribution in [2.24, 2.45) is 0 Å². The maximum atomic E-state index is 11.9. The molecule has 1 aliphatic rings. The summed E-state index contributed by atoms with van der Waals surface area (Å²) < 4.78 is 31.7. The van der Waals surface area contributed by atoms with Crippen LogP contribution >= 0.6 is 0 Å². The van der Waals surface area contributed by atoms with Crippen LogP contribution in [0.1, 0.15) is 16.7 Å². The second-order valence-electron chi connectivity index (χ2n) is 5.74. The molecular weight excluding hydrogens is 344 g/mol. The fraction of sp³-hybridized carbons (Fsp3) is 0.235. The van der Waals surface area contributed by atoms with Crippen molar-refractivity contribution >= 4 is 21.8 Å². The zero-order valence-electron chi connectivity index (χ0n) is 13.6. The van der Waals surface area contributed by atoms with Gasteiger partial charge in [0.2, 0.25) is 0 Å². The van der Waals surface area contributed by atoms with Crippen molar-refractivity contribution in [1.29, 1.82) is 0 Å². The van der Waals surface area contributed by atoms with Gasteiger partial charge in [0.1, 0.15) is 12.3 Å². The minimum atomic E-state index is -3.94. The number of carbonyl (C=O) groups is 1. The van der Waals surface area contributed by atoms with Crippen molar-refractivity contribution in [3.8, 4) is 5.75 Å². The van der Waals surface area contributed by atoms with Crippen LogP contribution in [0.4, 0.5) is 5.69 Å². The van der Waals surface area contributed by atoms with E-state index in [0.29, 0.717) is 13.0 Å². The van der Waals surface area contributed by atoms with Crippen LogP contribution in [0.5, 0.6) is 5.75 Å². The number of amides is 1. The molecule has 2 aromatic carbocycles. The van der Waals surface area contributed by atoms with Crippen LogP contribution in [0.25, 0.3) is 0 Å². The van der Waals surface area contributed by atoms with E-state index in [-0.39, 0.29) is 18.0 Å². The minimum absolute atomic E-state index is 0.0762. The molecule has 0 atom stereocenters. The monoisotopic (exact) mass is 362 g/mol. The molecule has 0 radical (unpaired) electrons. The van der Waals surface area contributed by atoms with Gasteiger partial charge in [0.05, 0.1) is 12.3 Å². The molecule has 2 aromatic rings. The number of nitrogens with zero attached hydrogens (tertiary/aromatic N) is 1. The van der Waals surface area contributed by atoms with Crippen LogP contribution in [-0.4, -0.2) is 33.1 Å². The lowest BCUT2D eigenvalue weighted by Gasteiger charge is -2.17. The highest BCUT2D eigenvalue weighted by Crippen LogP contribution is 2.32. The standard InChI is InChI=1S/C17H18N2O5S/c1-24-11-14-5-3-2-4-13(14)8-12-6-7-15(16(20)9-12)19-10-17(21)18-25(19,22)23/h2-7,9,20H,8,10-11H2,1H3,(H,18,21). The lowest BCUT2D eigenvalue weighted by molar-refractivity contribution is -0.117. The van der Waals surface area contributed by atoms with E-state index in [1.807, 2.05) is 29.0 Å².